The zero-order valence-corrected chi connectivity index (χ0v) is 13.0. The van der Waals surface area contributed by atoms with Gasteiger partial charge in [-0.1, -0.05) is 26.7 Å². The SMILES string of the molecule is CCCCOc1c(C)c(O)c(O)c(C)c1OCCCC. The van der Waals surface area contributed by atoms with Crippen LogP contribution in [-0.4, -0.2) is 23.4 Å². The van der Waals surface area contributed by atoms with Crippen LogP contribution in [0, 0.1) is 13.8 Å². The Balaban J connectivity index is 3.08. The van der Waals surface area contributed by atoms with Crippen molar-refractivity contribution < 1.29 is 19.7 Å². The minimum absolute atomic E-state index is 0.128. The third-order valence-electron chi connectivity index (χ3n) is 3.31. The van der Waals surface area contributed by atoms with E-state index in [4.69, 9.17) is 9.47 Å². The van der Waals surface area contributed by atoms with Crippen LogP contribution in [0.2, 0.25) is 0 Å². The van der Waals surface area contributed by atoms with Gasteiger partial charge in [-0.15, -0.1) is 0 Å². The van der Waals surface area contributed by atoms with Crippen LogP contribution in [0.25, 0.3) is 0 Å². The highest BCUT2D eigenvalue weighted by Crippen LogP contribution is 2.46. The summed E-state index contributed by atoms with van der Waals surface area (Å²) in [6, 6.07) is 0. The quantitative estimate of drug-likeness (QED) is 0.557. The summed E-state index contributed by atoms with van der Waals surface area (Å²) >= 11 is 0. The first-order valence-corrected chi connectivity index (χ1v) is 7.35. The maximum atomic E-state index is 9.93. The Kier molecular flexibility index (Phi) is 6.49. The highest BCUT2D eigenvalue weighted by atomic mass is 16.5. The molecule has 0 spiro atoms. The number of rotatable bonds is 8. The van der Waals surface area contributed by atoms with E-state index in [2.05, 4.69) is 13.8 Å². The summed E-state index contributed by atoms with van der Waals surface area (Å²) in [4.78, 5) is 0. The van der Waals surface area contributed by atoms with E-state index in [0.29, 0.717) is 35.8 Å². The maximum absolute atomic E-state index is 9.93. The smallest absolute Gasteiger partial charge is 0.168 e. The van der Waals surface area contributed by atoms with Crippen molar-refractivity contribution in [1.29, 1.82) is 0 Å². The average molecular weight is 282 g/mol. The molecular weight excluding hydrogens is 256 g/mol. The monoisotopic (exact) mass is 282 g/mol. The minimum Gasteiger partial charge on any atom is -0.504 e. The van der Waals surface area contributed by atoms with E-state index in [1.54, 1.807) is 13.8 Å². The summed E-state index contributed by atoms with van der Waals surface area (Å²) in [6.07, 6.45) is 3.95. The van der Waals surface area contributed by atoms with E-state index in [1.807, 2.05) is 0 Å². The molecule has 1 rings (SSSR count). The molecule has 0 radical (unpaired) electrons. The fraction of sp³-hybridized carbons (Fsp3) is 0.625. The van der Waals surface area contributed by atoms with E-state index in [1.165, 1.54) is 0 Å². The molecule has 114 valence electrons. The van der Waals surface area contributed by atoms with Crippen molar-refractivity contribution in [2.75, 3.05) is 13.2 Å². The second kappa shape index (κ2) is 7.88. The largest absolute Gasteiger partial charge is 0.504 e. The summed E-state index contributed by atoms with van der Waals surface area (Å²) in [7, 11) is 0. The molecule has 0 aliphatic carbocycles. The van der Waals surface area contributed by atoms with E-state index < -0.39 is 0 Å². The molecule has 1 aromatic carbocycles. The second-order valence-electron chi connectivity index (χ2n) is 5.01. The maximum Gasteiger partial charge on any atom is 0.168 e. The van der Waals surface area contributed by atoms with Gasteiger partial charge in [0.15, 0.2) is 23.0 Å². The zero-order chi connectivity index (χ0) is 15.1. The van der Waals surface area contributed by atoms with Crippen LogP contribution in [0.1, 0.15) is 50.7 Å². The first kappa shape index (κ1) is 16.5. The molecule has 4 heteroatoms. The van der Waals surface area contributed by atoms with Gasteiger partial charge < -0.3 is 19.7 Å². The molecule has 0 unspecified atom stereocenters. The average Bonchev–Trinajstić information content (AvgIpc) is 2.45. The Bertz CT molecular complexity index is 400. The molecule has 0 aliphatic rings. The standard InChI is InChI=1S/C16H26O4/c1-5-7-9-19-15-11(3)13(17)14(18)12(4)16(15)20-10-8-6-2/h17-18H,5-10H2,1-4H3. The lowest BCUT2D eigenvalue weighted by Gasteiger charge is -2.19. The number of phenols is 2. The summed E-state index contributed by atoms with van der Waals surface area (Å²) < 4.78 is 11.5. The molecule has 0 saturated carbocycles. The molecule has 0 aromatic heterocycles. The lowest BCUT2D eigenvalue weighted by molar-refractivity contribution is 0.255. The molecule has 20 heavy (non-hydrogen) atoms. The van der Waals surface area contributed by atoms with Crippen LogP contribution in [-0.2, 0) is 0 Å². The van der Waals surface area contributed by atoms with E-state index in [0.717, 1.165) is 25.7 Å². The lowest BCUT2D eigenvalue weighted by atomic mass is 10.1. The molecule has 0 aliphatic heterocycles. The third kappa shape index (κ3) is 3.71. The van der Waals surface area contributed by atoms with Crippen LogP contribution in [0.15, 0.2) is 0 Å². The van der Waals surface area contributed by atoms with E-state index >= 15 is 0 Å². The number of hydrogen-bond donors (Lipinski definition) is 2. The van der Waals surface area contributed by atoms with Crippen molar-refractivity contribution >= 4 is 0 Å². The summed E-state index contributed by atoms with van der Waals surface area (Å²) in [6.45, 7) is 8.78. The van der Waals surface area contributed by atoms with Gasteiger partial charge in [0.2, 0.25) is 0 Å². The van der Waals surface area contributed by atoms with Crippen molar-refractivity contribution in [3.05, 3.63) is 11.1 Å². The van der Waals surface area contributed by atoms with Crippen LogP contribution in [0.5, 0.6) is 23.0 Å². The van der Waals surface area contributed by atoms with Gasteiger partial charge in [0.25, 0.3) is 0 Å². The molecule has 1 aromatic rings. The Labute approximate surface area is 121 Å². The highest BCUT2D eigenvalue weighted by molar-refractivity contribution is 5.64. The van der Waals surface area contributed by atoms with Crippen molar-refractivity contribution in [2.24, 2.45) is 0 Å². The van der Waals surface area contributed by atoms with Gasteiger partial charge in [-0.3, -0.25) is 0 Å². The number of ether oxygens (including phenoxy) is 2. The Hall–Kier alpha value is -1.58. The highest BCUT2D eigenvalue weighted by Gasteiger charge is 2.21. The molecule has 0 atom stereocenters. The number of phenolic OH excluding ortho intramolecular Hbond substituents is 2. The molecule has 0 fully saturated rings. The number of unbranched alkanes of at least 4 members (excludes halogenated alkanes) is 2. The third-order valence-corrected chi connectivity index (χ3v) is 3.31. The number of benzene rings is 1. The van der Waals surface area contributed by atoms with Crippen LogP contribution in [0.4, 0.5) is 0 Å². The molecule has 0 amide bonds. The fourth-order valence-corrected chi connectivity index (χ4v) is 1.90. The van der Waals surface area contributed by atoms with Gasteiger partial charge in [0.1, 0.15) is 0 Å². The Morgan fingerprint density at radius 2 is 1.10 bits per heavy atom. The van der Waals surface area contributed by atoms with Gasteiger partial charge in [0.05, 0.1) is 13.2 Å². The van der Waals surface area contributed by atoms with Gasteiger partial charge >= 0.3 is 0 Å². The summed E-state index contributed by atoms with van der Waals surface area (Å²) in [5.41, 5.74) is 1.05. The van der Waals surface area contributed by atoms with Gasteiger partial charge in [-0.05, 0) is 26.7 Å². The van der Waals surface area contributed by atoms with E-state index in [9.17, 15) is 10.2 Å². The minimum atomic E-state index is -0.128. The molecular formula is C16H26O4. The number of aromatic hydroxyl groups is 2. The first-order chi connectivity index (χ1) is 9.54. The zero-order valence-electron chi connectivity index (χ0n) is 13.0. The normalized spacial score (nSPS) is 10.6. The van der Waals surface area contributed by atoms with Crippen molar-refractivity contribution in [3.8, 4) is 23.0 Å². The lowest BCUT2D eigenvalue weighted by Crippen LogP contribution is -2.05. The predicted octanol–water partition coefficient (Wildman–Crippen LogP) is 4.07. The van der Waals surface area contributed by atoms with Gasteiger partial charge in [-0.25, -0.2) is 0 Å². The first-order valence-electron chi connectivity index (χ1n) is 7.35. The molecule has 0 saturated heterocycles. The van der Waals surface area contributed by atoms with Crippen LogP contribution >= 0.6 is 0 Å². The van der Waals surface area contributed by atoms with Crippen molar-refractivity contribution in [1.82, 2.24) is 0 Å². The Morgan fingerprint density at radius 3 is 1.40 bits per heavy atom. The van der Waals surface area contributed by atoms with E-state index in [-0.39, 0.29) is 11.5 Å². The Morgan fingerprint density at radius 1 is 0.750 bits per heavy atom. The summed E-state index contributed by atoms with van der Waals surface area (Å²) in [5, 5.41) is 19.9. The summed E-state index contributed by atoms with van der Waals surface area (Å²) in [5.74, 6) is 0.832. The van der Waals surface area contributed by atoms with Crippen molar-refractivity contribution in [2.45, 2.75) is 53.4 Å². The van der Waals surface area contributed by atoms with Gasteiger partial charge in [-0.2, -0.15) is 0 Å². The molecule has 2 N–H and O–H groups in total. The van der Waals surface area contributed by atoms with Crippen molar-refractivity contribution in [3.63, 3.8) is 0 Å². The molecule has 0 bridgehead atoms. The molecule has 4 nitrogen and oxygen atoms in total. The topological polar surface area (TPSA) is 58.9 Å². The molecule has 0 heterocycles. The van der Waals surface area contributed by atoms with Crippen LogP contribution < -0.4 is 9.47 Å². The second-order valence-corrected chi connectivity index (χ2v) is 5.01. The number of hydrogen-bond acceptors (Lipinski definition) is 4. The predicted molar refractivity (Wildman–Crippen MR) is 80.1 cm³/mol. The fourth-order valence-electron chi connectivity index (χ4n) is 1.90. The van der Waals surface area contributed by atoms with Gasteiger partial charge in [0, 0.05) is 11.1 Å². The van der Waals surface area contributed by atoms with Crippen LogP contribution in [0.3, 0.4) is 0 Å².